The average Bonchev–Trinajstić information content (AvgIpc) is 2.83. The second-order valence-electron chi connectivity index (χ2n) is 5.08. The van der Waals surface area contributed by atoms with E-state index >= 15 is 0 Å². The maximum atomic E-state index is 4.68. The molecule has 0 saturated heterocycles. The Morgan fingerprint density at radius 3 is 2.72 bits per heavy atom. The van der Waals surface area contributed by atoms with Crippen LogP contribution in [0.5, 0.6) is 0 Å². The van der Waals surface area contributed by atoms with E-state index in [4.69, 9.17) is 0 Å². The van der Waals surface area contributed by atoms with Crippen molar-refractivity contribution in [3.05, 3.63) is 18.0 Å². The van der Waals surface area contributed by atoms with Crippen molar-refractivity contribution < 1.29 is 0 Å². The summed E-state index contributed by atoms with van der Waals surface area (Å²) in [5, 5.41) is 8.11. The lowest BCUT2D eigenvalue weighted by atomic mass is 9.99. The Bertz CT molecular complexity index is 338. The van der Waals surface area contributed by atoms with Crippen LogP contribution in [0.4, 0.5) is 0 Å². The van der Waals surface area contributed by atoms with Crippen LogP contribution in [0.25, 0.3) is 0 Å². The van der Waals surface area contributed by atoms with Gasteiger partial charge in [0.25, 0.3) is 0 Å². The number of hydrogen-bond acceptors (Lipinski definition) is 3. The molecule has 18 heavy (non-hydrogen) atoms. The third kappa shape index (κ3) is 4.32. The molecule has 3 atom stereocenters. The van der Waals surface area contributed by atoms with Gasteiger partial charge in [-0.15, -0.1) is 0 Å². The van der Waals surface area contributed by atoms with Gasteiger partial charge in [-0.1, -0.05) is 13.8 Å². The van der Waals surface area contributed by atoms with Crippen LogP contribution in [0, 0.1) is 5.92 Å². The summed E-state index contributed by atoms with van der Waals surface area (Å²) in [6.45, 7) is 6.72. The zero-order valence-corrected chi connectivity index (χ0v) is 13.1. The van der Waals surface area contributed by atoms with Crippen molar-refractivity contribution in [1.82, 2.24) is 15.1 Å². The second-order valence-corrected chi connectivity index (χ2v) is 5.99. The molecule has 4 heteroatoms. The van der Waals surface area contributed by atoms with Gasteiger partial charge in [0.2, 0.25) is 0 Å². The largest absolute Gasteiger partial charge is 0.316 e. The Morgan fingerprint density at radius 1 is 1.44 bits per heavy atom. The van der Waals surface area contributed by atoms with Gasteiger partial charge in [0.15, 0.2) is 0 Å². The standard InChI is InChI=1S/C14H27N3S/c1-6-12(3)17-8-7-13(16-17)9-14(15-4)11(2)10-18-5/h7-8,11-12,14-15H,6,9-10H2,1-5H3. The molecule has 3 unspecified atom stereocenters. The van der Waals surface area contributed by atoms with Crippen LogP contribution in [-0.4, -0.2) is 34.9 Å². The highest BCUT2D eigenvalue weighted by atomic mass is 32.2. The summed E-state index contributed by atoms with van der Waals surface area (Å²) in [6.07, 6.45) is 6.41. The summed E-state index contributed by atoms with van der Waals surface area (Å²) < 4.78 is 2.08. The van der Waals surface area contributed by atoms with Crippen LogP contribution in [0.15, 0.2) is 12.3 Å². The van der Waals surface area contributed by atoms with Gasteiger partial charge in [-0.05, 0) is 44.4 Å². The number of nitrogens with one attached hydrogen (secondary N) is 1. The maximum absolute atomic E-state index is 4.68. The van der Waals surface area contributed by atoms with Crippen molar-refractivity contribution >= 4 is 11.8 Å². The van der Waals surface area contributed by atoms with Crippen LogP contribution in [0.1, 0.15) is 38.9 Å². The van der Waals surface area contributed by atoms with Gasteiger partial charge < -0.3 is 5.32 Å². The molecule has 1 heterocycles. The first-order valence-corrected chi connectivity index (χ1v) is 8.21. The van der Waals surface area contributed by atoms with Crippen molar-refractivity contribution in [2.45, 2.75) is 45.7 Å². The molecule has 1 rings (SSSR count). The highest BCUT2D eigenvalue weighted by Gasteiger charge is 2.17. The Balaban J connectivity index is 2.61. The van der Waals surface area contributed by atoms with Gasteiger partial charge in [-0.2, -0.15) is 16.9 Å². The second kappa shape index (κ2) is 7.85. The molecule has 3 nitrogen and oxygen atoms in total. The fraction of sp³-hybridized carbons (Fsp3) is 0.786. The third-order valence-corrected chi connectivity index (χ3v) is 4.48. The summed E-state index contributed by atoms with van der Waals surface area (Å²) in [6, 6.07) is 3.16. The minimum Gasteiger partial charge on any atom is -0.316 e. The van der Waals surface area contributed by atoms with Crippen molar-refractivity contribution in [3.8, 4) is 0 Å². The SMILES string of the molecule is CCC(C)n1ccc(CC(NC)C(C)CSC)n1. The molecular formula is C14H27N3S. The van der Waals surface area contributed by atoms with Crippen molar-refractivity contribution in [2.75, 3.05) is 19.1 Å². The summed E-state index contributed by atoms with van der Waals surface area (Å²) in [5.74, 6) is 1.86. The molecule has 0 amide bonds. The molecule has 0 spiro atoms. The van der Waals surface area contributed by atoms with E-state index in [-0.39, 0.29) is 0 Å². The van der Waals surface area contributed by atoms with Crippen molar-refractivity contribution in [2.24, 2.45) is 5.92 Å². The summed E-state index contributed by atoms with van der Waals surface area (Å²) >= 11 is 1.91. The van der Waals surface area contributed by atoms with Crippen LogP contribution in [0.3, 0.4) is 0 Å². The Labute approximate surface area is 116 Å². The van der Waals surface area contributed by atoms with E-state index in [1.165, 1.54) is 11.4 Å². The molecule has 0 bridgehead atoms. The number of rotatable bonds is 8. The summed E-state index contributed by atoms with van der Waals surface area (Å²) in [5.41, 5.74) is 1.20. The third-order valence-electron chi connectivity index (χ3n) is 3.62. The number of hydrogen-bond donors (Lipinski definition) is 1. The Morgan fingerprint density at radius 2 is 2.17 bits per heavy atom. The van der Waals surface area contributed by atoms with Crippen LogP contribution >= 0.6 is 11.8 Å². The number of nitrogens with zero attached hydrogens (tertiary/aromatic N) is 2. The van der Waals surface area contributed by atoms with Gasteiger partial charge in [0, 0.05) is 24.7 Å². The van der Waals surface area contributed by atoms with E-state index < -0.39 is 0 Å². The molecule has 104 valence electrons. The average molecular weight is 269 g/mol. The van der Waals surface area contributed by atoms with E-state index in [1.807, 2.05) is 18.8 Å². The minimum absolute atomic E-state index is 0.496. The molecule has 0 radical (unpaired) electrons. The van der Waals surface area contributed by atoms with Crippen molar-refractivity contribution in [3.63, 3.8) is 0 Å². The van der Waals surface area contributed by atoms with Gasteiger partial charge in [0.05, 0.1) is 5.69 Å². The number of thioether (sulfide) groups is 1. The smallest absolute Gasteiger partial charge is 0.0640 e. The van der Waals surface area contributed by atoms with Gasteiger partial charge in [-0.3, -0.25) is 4.68 Å². The first kappa shape index (κ1) is 15.6. The van der Waals surface area contributed by atoms with Crippen LogP contribution in [0.2, 0.25) is 0 Å². The molecule has 1 N–H and O–H groups in total. The maximum Gasteiger partial charge on any atom is 0.0640 e. The number of aromatic nitrogens is 2. The predicted molar refractivity (Wildman–Crippen MR) is 81.3 cm³/mol. The van der Waals surface area contributed by atoms with Gasteiger partial charge in [0.1, 0.15) is 0 Å². The van der Waals surface area contributed by atoms with Crippen LogP contribution < -0.4 is 5.32 Å². The van der Waals surface area contributed by atoms with Crippen LogP contribution in [-0.2, 0) is 6.42 Å². The molecule has 0 saturated carbocycles. The molecule has 1 aromatic rings. The fourth-order valence-electron chi connectivity index (χ4n) is 2.11. The molecule has 0 aliphatic rings. The molecule has 0 aliphatic heterocycles. The summed E-state index contributed by atoms with van der Waals surface area (Å²) in [4.78, 5) is 0. The lowest BCUT2D eigenvalue weighted by Crippen LogP contribution is -2.35. The Kier molecular flexibility index (Phi) is 6.79. The Hall–Kier alpha value is -0.480. The van der Waals surface area contributed by atoms with E-state index in [0.717, 1.165) is 12.8 Å². The highest BCUT2D eigenvalue weighted by molar-refractivity contribution is 7.98. The van der Waals surface area contributed by atoms with E-state index in [2.05, 4.69) is 54.4 Å². The zero-order chi connectivity index (χ0) is 13.5. The zero-order valence-electron chi connectivity index (χ0n) is 12.3. The first-order valence-electron chi connectivity index (χ1n) is 6.82. The molecule has 0 fully saturated rings. The van der Waals surface area contributed by atoms with Gasteiger partial charge in [-0.25, -0.2) is 0 Å². The molecular weight excluding hydrogens is 242 g/mol. The summed E-state index contributed by atoms with van der Waals surface area (Å²) in [7, 11) is 2.05. The van der Waals surface area contributed by atoms with E-state index in [0.29, 0.717) is 18.0 Å². The monoisotopic (exact) mass is 269 g/mol. The van der Waals surface area contributed by atoms with E-state index in [9.17, 15) is 0 Å². The lowest BCUT2D eigenvalue weighted by molar-refractivity contribution is 0.419. The predicted octanol–water partition coefficient (Wildman–Crippen LogP) is 2.98. The van der Waals surface area contributed by atoms with Gasteiger partial charge >= 0.3 is 0 Å². The molecule has 0 aliphatic carbocycles. The molecule has 1 aromatic heterocycles. The molecule has 0 aromatic carbocycles. The minimum atomic E-state index is 0.496. The van der Waals surface area contributed by atoms with E-state index in [1.54, 1.807) is 0 Å². The lowest BCUT2D eigenvalue weighted by Gasteiger charge is -2.22. The highest BCUT2D eigenvalue weighted by Crippen LogP contribution is 2.15. The number of likely N-dealkylation sites (N-methyl/N-ethyl adjacent to an activating group) is 1. The normalized spacial score (nSPS) is 16.5. The van der Waals surface area contributed by atoms with Crippen molar-refractivity contribution in [1.29, 1.82) is 0 Å². The quantitative estimate of drug-likeness (QED) is 0.787. The fourth-order valence-corrected chi connectivity index (χ4v) is 2.87. The topological polar surface area (TPSA) is 29.9 Å². The first-order chi connectivity index (χ1) is 8.62.